The number of allylic oxidation sites excluding steroid dienone is 1. The van der Waals surface area contributed by atoms with Gasteiger partial charge in [-0.3, -0.25) is 9.59 Å². The fourth-order valence-corrected chi connectivity index (χ4v) is 2.07. The highest BCUT2D eigenvalue weighted by Crippen LogP contribution is 2.23. The summed E-state index contributed by atoms with van der Waals surface area (Å²) in [5.74, 6) is -0.182. The van der Waals surface area contributed by atoms with Crippen molar-refractivity contribution in [2.45, 2.75) is 6.42 Å². The SMILES string of the molecule is C=CC(=O)Cc1ccccc1Nc1nc(Cl)ncc1C(=O)NC. The van der Waals surface area contributed by atoms with E-state index >= 15 is 0 Å². The molecule has 0 radical (unpaired) electrons. The number of benzene rings is 1. The van der Waals surface area contributed by atoms with E-state index in [-0.39, 0.29) is 34.8 Å². The topological polar surface area (TPSA) is 84.0 Å². The second-order valence-corrected chi connectivity index (χ2v) is 4.95. The Morgan fingerprint density at radius 2 is 2.09 bits per heavy atom. The molecule has 0 saturated carbocycles. The van der Waals surface area contributed by atoms with E-state index in [2.05, 4.69) is 27.2 Å². The molecule has 0 aliphatic carbocycles. The quantitative estimate of drug-likeness (QED) is 0.628. The second kappa shape index (κ2) is 7.51. The predicted molar refractivity (Wildman–Crippen MR) is 89.1 cm³/mol. The molecule has 0 aliphatic heterocycles. The van der Waals surface area contributed by atoms with Crippen LogP contribution in [0.25, 0.3) is 0 Å². The summed E-state index contributed by atoms with van der Waals surface area (Å²) in [6.45, 7) is 3.47. The monoisotopic (exact) mass is 330 g/mol. The Morgan fingerprint density at radius 1 is 1.35 bits per heavy atom. The maximum absolute atomic E-state index is 11.9. The number of para-hydroxylation sites is 1. The highest BCUT2D eigenvalue weighted by atomic mass is 35.5. The Morgan fingerprint density at radius 3 is 2.78 bits per heavy atom. The maximum atomic E-state index is 11.9. The van der Waals surface area contributed by atoms with Crippen LogP contribution in [-0.2, 0) is 11.2 Å². The number of carbonyl (C=O) groups excluding carboxylic acids is 2. The highest BCUT2D eigenvalue weighted by Gasteiger charge is 2.15. The fraction of sp³-hybridized carbons (Fsp3) is 0.125. The zero-order chi connectivity index (χ0) is 16.8. The zero-order valence-corrected chi connectivity index (χ0v) is 13.2. The lowest BCUT2D eigenvalue weighted by Gasteiger charge is -2.13. The summed E-state index contributed by atoms with van der Waals surface area (Å²) in [6, 6.07) is 7.23. The first-order valence-corrected chi connectivity index (χ1v) is 7.17. The molecule has 2 rings (SSSR count). The third-order valence-electron chi connectivity index (χ3n) is 3.09. The van der Waals surface area contributed by atoms with Crippen LogP contribution in [0.4, 0.5) is 11.5 Å². The minimum atomic E-state index is -0.344. The molecule has 23 heavy (non-hydrogen) atoms. The smallest absolute Gasteiger partial charge is 0.256 e. The number of halogens is 1. The van der Waals surface area contributed by atoms with Gasteiger partial charge in [-0.15, -0.1) is 0 Å². The lowest BCUT2D eigenvalue weighted by Crippen LogP contribution is -2.20. The van der Waals surface area contributed by atoms with Gasteiger partial charge in [0.2, 0.25) is 5.28 Å². The lowest BCUT2D eigenvalue weighted by molar-refractivity contribution is -0.114. The normalized spacial score (nSPS) is 10.0. The van der Waals surface area contributed by atoms with Gasteiger partial charge in [-0.25, -0.2) is 4.98 Å². The zero-order valence-electron chi connectivity index (χ0n) is 12.5. The number of nitrogens with one attached hydrogen (secondary N) is 2. The van der Waals surface area contributed by atoms with Gasteiger partial charge in [0.25, 0.3) is 5.91 Å². The van der Waals surface area contributed by atoms with E-state index in [0.29, 0.717) is 5.69 Å². The molecule has 118 valence electrons. The van der Waals surface area contributed by atoms with Crippen LogP contribution in [-0.4, -0.2) is 28.7 Å². The standard InChI is InChI=1S/C16H15ClN4O2/c1-3-11(22)8-10-6-4-5-7-13(10)20-14-12(15(23)18-2)9-19-16(17)21-14/h3-7,9H,1,8H2,2H3,(H,18,23)(H,19,20,21). The molecule has 2 aromatic rings. The Hall–Kier alpha value is -2.73. The Balaban J connectivity index is 2.39. The van der Waals surface area contributed by atoms with Gasteiger partial charge in [0.1, 0.15) is 11.4 Å². The average Bonchev–Trinajstić information content (AvgIpc) is 2.56. The van der Waals surface area contributed by atoms with E-state index in [1.54, 1.807) is 6.07 Å². The van der Waals surface area contributed by atoms with Crippen molar-refractivity contribution in [3.63, 3.8) is 0 Å². The van der Waals surface area contributed by atoms with Gasteiger partial charge in [-0.2, -0.15) is 4.98 Å². The van der Waals surface area contributed by atoms with Crippen LogP contribution in [0, 0.1) is 0 Å². The number of amides is 1. The summed E-state index contributed by atoms with van der Waals surface area (Å²) in [6.07, 6.45) is 2.81. The molecule has 1 amide bonds. The van der Waals surface area contributed by atoms with Crippen molar-refractivity contribution in [2.24, 2.45) is 0 Å². The van der Waals surface area contributed by atoms with Crippen molar-refractivity contribution in [1.29, 1.82) is 0 Å². The molecular weight excluding hydrogens is 316 g/mol. The summed E-state index contributed by atoms with van der Waals surface area (Å²) in [4.78, 5) is 31.4. The number of carbonyl (C=O) groups is 2. The third kappa shape index (κ3) is 4.14. The van der Waals surface area contributed by atoms with Gasteiger partial charge in [0.15, 0.2) is 5.78 Å². The molecule has 7 heteroatoms. The second-order valence-electron chi connectivity index (χ2n) is 4.61. The Labute approximate surface area is 138 Å². The van der Waals surface area contributed by atoms with Crippen LogP contribution in [0.15, 0.2) is 43.1 Å². The number of ketones is 1. The summed E-state index contributed by atoms with van der Waals surface area (Å²) in [7, 11) is 1.51. The number of nitrogens with zero attached hydrogens (tertiary/aromatic N) is 2. The van der Waals surface area contributed by atoms with Crippen LogP contribution in [0.2, 0.25) is 5.28 Å². The van der Waals surface area contributed by atoms with Gasteiger partial charge in [0, 0.05) is 25.4 Å². The van der Waals surface area contributed by atoms with Crippen molar-refractivity contribution in [3.8, 4) is 0 Å². The average molecular weight is 331 g/mol. The molecule has 6 nitrogen and oxygen atoms in total. The predicted octanol–water partition coefficient (Wildman–Crippen LogP) is 2.53. The van der Waals surface area contributed by atoms with Gasteiger partial charge >= 0.3 is 0 Å². The van der Waals surface area contributed by atoms with Gasteiger partial charge in [0.05, 0.1) is 0 Å². The summed E-state index contributed by atoms with van der Waals surface area (Å²) < 4.78 is 0. The maximum Gasteiger partial charge on any atom is 0.256 e. The molecule has 0 saturated heterocycles. The first-order chi connectivity index (χ1) is 11.0. The van der Waals surface area contributed by atoms with Crippen LogP contribution in [0.5, 0.6) is 0 Å². The number of hydrogen-bond donors (Lipinski definition) is 2. The molecular formula is C16H15ClN4O2. The summed E-state index contributed by atoms with van der Waals surface area (Å²) in [5.41, 5.74) is 1.67. The molecule has 1 heterocycles. The molecule has 0 spiro atoms. The van der Waals surface area contributed by atoms with E-state index in [1.807, 2.05) is 18.2 Å². The van der Waals surface area contributed by atoms with Crippen molar-refractivity contribution >= 4 is 34.8 Å². The van der Waals surface area contributed by atoms with Crippen LogP contribution >= 0.6 is 11.6 Å². The largest absolute Gasteiger partial charge is 0.355 e. The van der Waals surface area contributed by atoms with Crippen LogP contribution in [0.1, 0.15) is 15.9 Å². The van der Waals surface area contributed by atoms with Crippen molar-refractivity contribution in [1.82, 2.24) is 15.3 Å². The highest BCUT2D eigenvalue weighted by molar-refractivity contribution is 6.28. The number of anilines is 2. The lowest BCUT2D eigenvalue weighted by atomic mass is 10.1. The number of aromatic nitrogens is 2. The van der Waals surface area contributed by atoms with E-state index in [4.69, 9.17) is 11.6 Å². The fourth-order valence-electron chi connectivity index (χ4n) is 1.94. The van der Waals surface area contributed by atoms with Crippen LogP contribution in [0.3, 0.4) is 0 Å². The molecule has 0 fully saturated rings. The van der Waals surface area contributed by atoms with Crippen molar-refractivity contribution < 1.29 is 9.59 Å². The third-order valence-corrected chi connectivity index (χ3v) is 3.28. The van der Waals surface area contributed by atoms with Gasteiger partial charge in [-0.05, 0) is 29.3 Å². The summed E-state index contributed by atoms with van der Waals surface area (Å²) >= 11 is 5.82. The van der Waals surface area contributed by atoms with E-state index < -0.39 is 0 Å². The first-order valence-electron chi connectivity index (χ1n) is 6.80. The van der Waals surface area contributed by atoms with Gasteiger partial charge in [-0.1, -0.05) is 24.8 Å². The molecule has 0 bridgehead atoms. The van der Waals surface area contributed by atoms with Crippen molar-refractivity contribution in [3.05, 3.63) is 59.5 Å². The number of rotatable bonds is 6. The Bertz CT molecular complexity index is 761. The molecule has 1 aromatic heterocycles. The number of hydrogen-bond acceptors (Lipinski definition) is 5. The molecule has 1 aromatic carbocycles. The molecule has 2 N–H and O–H groups in total. The van der Waals surface area contributed by atoms with Gasteiger partial charge < -0.3 is 10.6 Å². The molecule has 0 aliphatic rings. The first kappa shape index (κ1) is 16.6. The molecule has 0 atom stereocenters. The van der Waals surface area contributed by atoms with E-state index in [1.165, 1.54) is 19.3 Å². The summed E-state index contributed by atoms with van der Waals surface area (Å²) in [5, 5.41) is 5.57. The van der Waals surface area contributed by atoms with Crippen LogP contribution < -0.4 is 10.6 Å². The van der Waals surface area contributed by atoms with Crippen molar-refractivity contribution in [2.75, 3.05) is 12.4 Å². The van der Waals surface area contributed by atoms with E-state index in [9.17, 15) is 9.59 Å². The van der Waals surface area contributed by atoms with E-state index in [0.717, 1.165) is 5.56 Å². The Kier molecular flexibility index (Phi) is 5.43. The minimum absolute atomic E-state index is 0.0137. The molecule has 0 unspecified atom stereocenters. The minimum Gasteiger partial charge on any atom is -0.355 e.